The Morgan fingerprint density at radius 2 is 0.435 bits per heavy atom. The molecule has 0 radical (unpaired) electrons. The van der Waals surface area contributed by atoms with Gasteiger partial charge >= 0.3 is 11.8 Å². The fourth-order valence-corrected chi connectivity index (χ4v) is 4.87. The van der Waals surface area contributed by atoms with Crippen molar-refractivity contribution in [3.63, 3.8) is 0 Å². The van der Waals surface area contributed by atoms with Gasteiger partial charge in [0.15, 0.2) is 69.8 Å². The van der Waals surface area contributed by atoms with Crippen molar-refractivity contribution in [2.75, 3.05) is 0 Å². The highest BCUT2D eigenvalue weighted by Gasteiger charge is 2.61. The Balaban J connectivity index is 2.34. The number of allylic oxidation sites excluding steroid dienone is 2. The minimum absolute atomic E-state index is 2.90. The van der Waals surface area contributed by atoms with Crippen LogP contribution in [-0.2, 0) is 11.8 Å². The van der Waals surface area contributed by atoms with Crippen LogP contribution < -0.4 is 0 Å². The molecule has 4 aromatic rings. The van der Waals surface area contributed by atoms with E-state index in [2.05, 4.69) is 0 Å². The SMILES string of the molecule is FC1=C(F)C(F)(F)c2c(c(-c3c(F)c(F)c(F)c(F)c3F)c3c(F)c(F)c(F)c(F)c3c2-c2c(F)c(F)c(F)c(F)c2F)C1(F)F. The van der Waals surface area contributed by atoms with Gasteiger partial charge in [-0.2, -0.15) is 17.6 Å². The predicted octanol–water partition coefficient (Wildman–Crippen LogP) is 10.5. The highest BCUT2D eigenvalue weighted by Crippen LogP contribution is 2.62. The Morgan fingerprint density at radius 1 is 0.239 bits per heavy atom. The molecule has 1 aliphatic carbocycles. The molecule has 0 aliphatic heterocycles. The molecule has 0 saturated carbocycles. The van der Waals surface area contributed by atoms with Crippen molar-refractivity contribution in [2.24, 2.45) is 0 Å². The van der Waals surface area contributed by atoms with Crippen LogP contribution >= 0.6 is 0 Å². The molecule has 0 fully saturated rings. The molecular formula is C26F20. The van der Waals surface area contributed by atoms with Crippen LogP contribution in [0.15, 0.2) is 11.7 Å². The van der Waals surface area contributed by atoms with Crippen LogP contribution in [0.25, 0.3) is 33.0 Å². The van der Waals surface area contributed by atoms with E-state index in [1.54, 1.807) is 0 Å². The summed E-state index contributed by atoms with van der Waals surface area (Å²) in [6.45, 7) is 0. The molecule has 0 unspecified atom stereocenters. The van der Waals surface area contributed by atoms with Crippen LogP contribution in [-0.4, -0.2) is 0 Å². The second-order valence-corrected chi connectivity index (χ2v) is 9.17. The molecule has 0 bridgehead atoms. The van der Waals surface area contributed by atoms with E-state index in [4.69, 9.17) is 0 Å². The molecule has 244 valence electrons. The van der Waals surface area contributed by atoms with Gasteiger partial charge in [0.25, 0.3) is 0 Å². The quantitative estimate of drug-likeness (QED) is 0.112. The van der Waals surface area contributed by atoms with Gasteiger partial charge in [0.1, 0.15) is 0 Å². The minimum Gasteiger partial charge on any atom is -0.203 e. The fourth-order valence-electron chi connectivity index (χ4n) is 4.87. The Bertz CT molecular complexity index is 1900. The highest BCUT2D eigenvalue weighted by atomic mass is 19.3. The summed E-state index contributed by atoms with van der Waals surface area (Å²) in [6, 6.07) is 0. The van der Waals surface area contributed by atoms with E-state index in [1.165, 1.54) is 0 Å². The normalized spacial score (nSPS) is 15.7. The lowest BCUT2D eigenvalue weighted by Gasteiger charge is -2.34. The van der Waals surface area contributed by atoms with Gasteiger partial charge in [-0.3, -0.25) is 0 Å². The highest BCUT2D eigenvalue weighted by molar-refractivity contribution is 6.10. The van der Waals surface area contributed by atoms with Gasteiger partial charge in [-0.05, 0) is 0 Å². The maximum Gasteiger partial charge on any atom is 0.327 e. The predicted molar refractivity (Wildman–Crippen MR) is 111 cm³/mol. The molecule has 1 aliphatic rings. The standard InChI is InChI=1S/C26F20/c27-9-3-1(5-11(29)17(35)21(39)18(36)12(5)30)7-8(26(45,46)24(42)23(41)25(7,43)44)2(4(3)10(28)16(34)15(9)33)6-13(31)19(37)22(40)20(38)14(6)32. The Kier molecular flexibility index (Phi) is 7.14. The number of hydrogen-bond donors (Lipinski definition) is 0. The van der Waals surface area contributed by atoms with Crippen molar-refractivity contribution in [1.29, 1.82) is 0 Å². The van der Waals surface area contributed by atoms with E-state index in [0.29, 0.717) is 0 Å². The first kappa shape index (κ1) is 32.9. The van der Waals surface area contributed by atoms with E-state index in [1.807, 2.05) is 0 Å². The molecular weight excluding hydrogens is 692 g/mol. The van der Waals surface area contributed by atoms with Gasteiger partial charge in [-0.25, -0.2) is 70.2 Å². The second kappa shape index (κ2) is 9.99. The zero-order valence-corrected chi connectivity index (χ0v) is 20.6. The van der Waals surface area contributed by atoms with Gasteiger partial charge in [0, 0.05) is 33.0 Å². The molecule has 46 heavy (non-hydrogen) atoms. The van der Waals surface area contributed by atoms with Crippen molar-refractivity contribution >= 4 is 10.8 Å². The summed E-state index contributed by atoms with van der Waals surface area (Å²) in [6.07, 6.45) is 0. The fraction of sp³-hybridized carbons (Fsp3) is 0.0769. The molecule has 0 aromatic heterocycles. The Labute approximate surface area is 237 Å². The van der Waals surface area contributed by atoms with Crippen LogP contribution in [0.1, 0.15) is 11.1 Å². The average molecular weight is 692 g/mol. The first-order valence-corrected chi connectivity index (χ1v) is 11.3. The maximum absolute atomic E-state index is 15.4. The summed E-state index contributed by atoms with van der Waals surface area (Å²) in [4.78, 5) is 0. The number of fused-ring (bicyclic) bond motifs is 2. The lowest BCUT2D eigenvalue weighted by molar-refractivity contribution is -0.0475. The molecule has 20 heteroatoms. The van der Waals surface area contributed by atoms with Crippen molar-refractivity contribution in [3.8, 4) is 22.3 Å². The van der Waals surface area contributed by atoms with Crippen LogP contribution in [0, 0.1) is 81.4 Å². The van der Waals surface area contributed by atoms with Gasteiger partial charge < -0.3 is 0 Å². The molecule has 0 nitrogen and oxygen atoms in total. The van der Waals surface area contributed by atoms with Crippen LogP contribution in [0.3, 0.4) is 0 Å². The second-order valence-electron chi connectivity index (χ2n) is 9.17. The molecule has 5 rings (SSSR count). The van der Waals surface area contributed by atoms with Crippen LogP contribution in [0.5, 0.6) is 0 Å². The van der Waals surface area contributed by atoms with Gasteiger partial charge in [-0.15, -0.1) is 0 Å². The van der Waals surface area contributed by atoms with E-state index in [0.717, 1.165) is 0 Å². The van der Waals surface area contributed by atoms with E-state index >= 15 is 26.3 Å². The average Bonchev–Trinajstić information content (AvgIpc) is 3.00. The van der Waals surface area contributed by atoms with Crippen molar-refractivity contribution in [3.05, 3.63) is 104 Å². The number of hydrogen-bond acceptors (Lipinski definition) is 0. The Morgan fingerprint density at radius 3 is 0.674 bits per heavy atom. The molecule has 0 spiro atoms. The monoisotopic (exact) mass is 692 g/mol. The maximum atomic E-state index is 15.4. The third-order valence-corrected chi connectivity index (χ3v) is 6.81. The van der Waals surface area contributed by atoms with E-state index in [-0.39, 0.29) is 0 Å². The molecule has 0 N–H and O–H groups in total. The minimum atomic E-state index is -6.35. The summed E-state index contributed by atoms with van der Waals surface area (Å²) < 4.78 is 294. The van der Waals surface area contributed by atoms with Gasteiger partial charge in [-0.1, -0.05) is 0 Å². The van der Waals surface area contributed by atoms with Crippen LogP contribution in [0.4, 0.5) is 87.8 Å². The zero-order chi connectivity index (χ0) is 34.9. The molecule has 0 heterocycles. The smallest absolute Gasteiger partial charge is 0.203 e. The topological polar surface area (TPSA) is 0 Å². The number of benzene rings is 4. The first-order valence-electron chi connectivity index (χ1n) is 11.3. The van der Waals surface area contributed by atoms with Crippen molar-refractivity contribution in [2.45, 2.75) is 11.8 Å². The summed E-state index contributed by atoms with van der Waals surface area (Å²) >= 11 is 0. The van der Waals surface area contributed by atoms with Gasteiger partial charge in [0.05, 0.1) is 11.1 Å². The van der Waals surface area contributed by atoms with Crippen molar-refractivity contribution in [1.82, 2.24) is 0 Å². The third kappa shape index (κ3) is 3.83. The molecule has 4 aromatic carbocycles. The van der Waals surface area contributed by atoms with Crippen molar-refractivity contribution < 1.29 is 87.8 Å². The summed E-state index contributed by atoms with van der Waals surface area (Å²) in [5.41, 5.74) is -19.2. The Hall–Kier alpha value is -4.52. The summed E-state index contributed by atoms with van der Waals surface area (Å²) in [7, 11) is 0. The lowest BCUT2D eigenvalue weighted by atomic mass is 9.75. The number of alkyl halides is 4. The lowest BCUT2D eigenvalue weighted by Crippen LogP contribution is -2.34. The summed E-state index contributed by atoms with van der Waals surface area (Å²) in [5, 5.41) is -5.80. The summed E-state index contributed by atoms with van der Waals surface area (Å²) in [5.74, 6) is -66.7. The number of rotatable bonds is 2. The third-order valence-electron chi connectivity index (χ3n) is 6.81. The largest absolute Gasteiger partial charge is 0.327 e. The van der Waals surface area contributed by atoms with Crippen LogP contribution in [0.2, 0.25) is 0 Å². The molecule has 0 amide bonds. The first-order chi connectivity index (χ1) is 21.1. The van der Waals surface area contributed by atoms with E-state index < -0.39 is 149 Å². The van der Waals surface area contributed by atoms with E-state index in [9.17, 15) is 61.5 Å². The zero-order valence-electron chi connectivity index (χ0n) is 20.6. The van der Waals surface area contributed by atoms with Gasteiger partial charge in [0.2, 0.25) is 23.3 Å². The molecule has 0 atom stereocenters. The number of halogens is 20. The molecule has 0 saturated heterocycles.